The molecular weight excluding hydrogens is 246 g/mol. The van der Waals surface area contributed by atoms with Gasteiger partial charge in [0.05, 0.1) is 17.4 Å². The molecule has 100 valence electrons. The number of carbonyl (C=O) groups is 1. The lowest BCUT2D eigenvalue weighted by Crippen LogP contribution is -2.29. The van der Waals surface area contributed by atoms with Gasteiger partial charge in [0.2, 0.25) is 0 Å². The minimum absolute atomic E-state index is 0.0791. The number of nitro groups is 1. The van der Waals surface area contributed by atoms with Crippen molar-refractivity contribution in [2.24, 2.45) is 0 Å². The number of Topliss-reactive ketones (excluding diaryl/α,β-unsaturated/α-hetero) is 1. The van der Waals surface area contributed by atoms with Crippen molar-refractivity contribution in [1.82, 2.24) is 0 Å². The quantitative estimate of drug-likeness (QED) is 0.461. The monoisotopic (exact) mass is 261 g/mol. The first-order valence-corrected chi connectivity index (χ1v) is 5.77. The van der Waals surface area contributed by atoms with E-state index in [9.17, 15) is 14.9 Å². The molecule has 6 nitrogen and oxygen atoms in total. The average Bonchev–Trinajstić information content (AvgIpc) is 2.37. The smallest absolute Gasteiger partial charge is 0.270 e. The van der Waals surface area contributed by atoms with Crippen LogP contribution in [0, 0.1) is 21.4 Å². The lowest BCUT2D eigenvalue weighted by molar-refractivity contribution is -0.384. The minimum atomic E-state index is -0.533. The third-order valence-corrected chi connectivity index (χ3v) is 3.00. The molecule has 0 aliphatic heterocycles. The third kappa shape index (κ3) is 3.28. The molecule has 0 aliphatic carbocycles. The van der Waals surface area contributed by atoms with Crippen molar-refractivity contribution in [2.75, 3.05) is 11.9 Å². The summed E-state index contributed by atoms with van der Waals surface area (Å²) in [5.74, 6) is -0.241. The van der Waals surface area contributed by atoms with Crippen LogP contribution >= 0.6 is 0 Å². The Morgan fingerprint density at radius 1 is 1.58 bits per heavy atom. The molecular formula is C13H15N3O3. The first-order chi connectivity index (χ1) is 8.88. The summed E-state index contributed by atoms with van der Waals surface area (Å²) in [6, 6.07) is 6.16. The van der Waals surface area contributed by atoms with E-state index in [-0.39, 0.29) is 17.5 Å². The Hall–Kier alpha value is -2.42. The SMILES string of the molecule is CC(=O)c1cc([N+](=O)[O-])ccc1N(C)C(C)CC#N. The second-order valence-corrected chi connectivity index (χ2v) is 4.34. The summed E-state index contributed by atoms with van der Waals surface area (Å²) in [6.07, 6.45) is 0.310. The molecule has 0 fully saturated rings. The molecule has 6 heteroatoms. The largest absolute Gasteiger partial charge is 0.370 e. The molecule has 0 saturated heterocycles. The van der Waals surface area contributed by atoms with E-state index < -0.39 is 4.92 Å². The number of nitro benzene ring substituents is 1. The highest BCUT2D eigenvalue weighted by atomic mass is 16.6. The highest BCUT2D eigenvalue weighted by Crippen LogP contribution is 2.27. The number of carbonyl (C=O) groups excluding carboxylic acids is 1. The highest BCUT2D eigenvalue weighted by Gasteiger charge is 2.19. The van der Waals surface area contributed by atoms with Crippen molar-refractivity contribution >= 4 is 17.2 Å². The van der Waals surface area contributed by atoms with Gasteiger partial charge in [0, 0.05) is 36.5 Å². The van der Waals surface area contributed by atoms with E-state index in [0.29, 0.717) is 17.7 Å². The van der Waals surface area contributed by atoms with Gasteiger partial charge in [-0.15, -0.1) is 0 Å². The van der Waals surface area contributed by atoms with E-state index >= 15 is 0 Å². The van der Waals surface area contributed by atoms with E-state index in [2.05, 4.69) is 6.07 Å². The molecule has 0 N–H and O–H groups in total. The molecule has 0 saturated carbocycles. The lowest BCUT2D eigenvalue weighted by atomic mass is 10.1. The van der Waals surface area contributed by atoms with Gasteiger partial charge in [-0.25, -0.2) is 0 Å². The summed E-state index contributed by atoms with van der Waals surface area (Å²) in [5, 5.41) is 19.4. The molecule has 0 radical (unpaired) electrons. The van der Waals surface area contributed by atoms with Gasteiger partial charge in [0.15, 0.2) is 5.78 Å². The number of ketones is 1. The van der Waals surface area contributed by atoms with E-state index in [1.54, 1.807) is 18.0 Å². The number of rotatable bonds is 5. The fourth-order valence-electron chi connectivity index (χ4n) is 1.73. The van der Waals surface area contributed by atoms with Crippen LogP contribution in [-0.2, 0) is 0 Å². The summed E-state index contributed by atoms with van der Waals surface area (Å²) in [5.41, 5.74) is 0.776. The number of nitriles is 1. The first kappa shape index (κ1) is 14.6. The Balaban J connectivity index is 3.24. The number of nitrogens with zero attached hydrogens (tertiary/aromatic N) is 3. The Morgan fingerprint density at radius 2 is 2.21 bits per heavy atom. The lowest BCUT2D eigenvalue weighted by Gasteiger charge is -2.26. The zero-order chi connectivity index (χ0) is 14.6. The fraction of sp³-hybridized carbons (Fsp3) is 0.385. The van der Waals surface area contributed by atoms with Crippen molar-refractivity contribution in [1.29, 1.82) is 5.26 Å². The molecule has 0 spiro atoms. The molecule has 0 heterocycles. The Labute approximate surface area is 111 Å². The van der Waals surface area contributed by atoms with Crippen LogP contribution in [0.15, 0.2) is 18.2 Å². The van der Waals surface area contributed by atoms with E-state index in [0.717, 1.165) is 0 Å². The average molecular weight is 261 g/mol. The highest BCUT2D eigenvalue weighted by molar-refractivity contribution is 6.00. The van der Waals surface area contributed by atoms with Crippen LogP contribution in [0.1, 0.15) is 30.6 Å². The van der Waals surface area contributed by atoms with Gasteiger partial charge in [-0.1, -0.05) is 0 Å². The second kappa shape index (κ2) is 5.96. The molecule has 0 aliphatic rings. The van der Waals surface area contributed by atoms with Crippen LogP contribution in [0.25, 0.3) is 0 Å². The normalized spacial score (nSPS) is 11.5. The van der Waals surface area contributed by atoms with Gasteiger partial charge in [0.1, 0.15) is 0 Å². The predicted octanol–water partition coefficient (Wildman–Crippen LogP) is 2.54. The summed E-state index contributed by atoms with van der Waals surface area (Å²) >= 11 is 0. The maximum atomic E-state index is 11.6. The number of hydrogen-bond acceptors (Lipinski definition) is 5. The van der Waals surface area contributed by atoms with Crippen LogP contribution in [-0.4, -0.2) is 23.8 Å². The van der Waals surface area contributed by atoms with Crippen LogP contribution < -0.4 is 4.90 Å². The zero-order valence-electron chi connectivity index (χ0n) is 11.1. The van der Waals surface area contributed by atoms with Crippen molar-refractivity contribution in [2.45, 2.75) is 26.3 Å². The molecule has 19 heavy (non-hydrogen) atoms. The van der Waals surface area contributed by atoms with Crippen LogP contribution in [0.4, 0.5) is 11.4 Å². The predicted molar refractivity (Wildman–Crippen MR) is 71.2 cm³/mol. The maximum absolute atomic E-state index is 11.6. The summed E-state index contributed by atoms with van der Waals surface area (Å²) in [4.78, 5) is 23.6. The van der Waals surface area contributed by atoms with Gasteiger partial charge in [-0.3, -0.25) is 14.9 Å². The molecule has 1 unspecified atom stereocenters. The van der Waals surface area contributed by atoms with Crippen molar-refractivity contribution in [3.05, 3.63) is 33.9 Å². The van der Waals surface area contributed by atoms with Crippen LogP contribution in [0.5, 0.6) is 0 Å². The molecule has 0 amide bonds. The standard InChI is InChI=1S/C13H15N3O3/c1-9(6-7-14)15(3)13-5-4-11(16(18)19)8-12(13)10(2)17/h4-5,8-9H,6H2,1-3H3. The van der Waals surface area contributed by atoms with Crippen molar-refractivity contribution in [3.8, 4) is 6.07 Å². The Morgan fingerprint density at radius 3 is 2.68 bits per heavy atom. The van der Waals surface area contributed by atoms with Crippen molar-refractivity contribution in [3.63, 3.8) is 0 Å². The molecule has 1 aromatic carbocycles. The van der Waals surface area contributed by atoms with Crippen LogP contribution in [0.2, 0.25) is 0 Å². The molecule has 0 bridgehead atoms. The van der Waals surface area contributed by atoms with Gasteiger partial charge in [0.25, 0.3) is 5.69 Å². The van der Waals surface area contributed by atoms with Gasteiger partial charge in [-0.05, 0) is 19.9 Å². The number of hydrogen-bond donors (Lipinski definition) is 0. The maximum Gasteiger partial charge on any atom is 0.270 e. The second-order valence-electron chi connectivity index (χ2n) is 4.34. The van der Waals surface area contributed by atoms with Gasteiger partial charge >= 0.3 is 0 Å². The summed E-state index contributed by atoms with van der Waals surface area (Å²) in [6.45, 7) is 3.22. The van der Waals surface area contributed by atoms with Gasteiger partial charge < -0.3 is 4.90 Å². The minimum Gasteiger partial charge on any atom is -0.370 e. The molecule has 0 aromatic heterocycles. The number of benzene rings is 1. The van der Waals surface area contributed by atoms with Gasteiger partial charge in [-0.2, -0.15) is 5.26 Å². The van der Waals surface area contributed by atoms with Crippen LogP contribution in [0.3, 0.4) is 0 Å². The third-order valence-electron chi connectivity index (χ3n) is 3.00. The fourth-order valence-corrected chi connectivity index (χ4v) is 1.73. The summed E-state index contributed by atoms with van der Waals surface area (Å²) < 4.78 is 0. The first-order valence-electron chi connectivity index (χ1n) is 5.77. The zero-order valence-corrected chi connectivity index (χ0v) is 11.1. The molecule has 1 aromatic rings. The van der Waals surface area contributed by atoms with Crippen molar-refractivity contribution < 1.29 is 9.72 Å². The summed E-state index contributed by atoms with van der Waals surface area (Å²) in [7, 11) is 1.76. The Kier molecular flexibility index (Phi) is 4.59. The molecule has 1 rings (SSSR count). The topological polar surface area (TPSA) is 87.2 Å². The molecule has 1 atom stereocenters. The van der Waals surface area contributed by atoms with E-state index in [1.807, 2.05) is 6.92 Å². The Bertz CT molecular complexity index is 549. The number of non-ortho nitro benzene ring substituents is 1. The van der Waals surface area contributed by atoms with E-state index in [4.69, 9.17) is 5.26 Å². The number of anilines is 1. The van der Waals surface area contributed by atoms with E-state index in [1.165, 1.54) is 19.1 Å².